The summed E-state index contributed by atoms with van der Waals surface area (Å²) in [6.45, 7) is 0.460. The molecule has 0 saturated carbocycles. The molecule has 1 saturated heterocycles. The molecule has 190 valence electrons. The number of imide groups is 1. The summed E-state index contributed by atoms with van der Waals surface area (Å²) in [5.74, 6) is -6.25. The van der Waals surface area contributed by atoms with Crippen LogP contribution in [0.3, 0.4) is 0 Å². The first kappa shape index (κ1) is 25.4. The van der Waals surface area contributed by atoms with Crippen molar-refractivity contribution in [1.82, 2.24) is 10.2 Å². The number of piperidine rings is 1. The number of Topliss-reactive ketones (excluding diaryl/α,β-unsaturated/α-hetero) is 1. The molecular formula is C26H26F2N2O6. The van der Waals surface area contributed by atoms with Crippen LogP contribution >= 0.6 is 0 Å². The zero-order valence-corrected chi connectivity index (χ0v) is 19.7. The van der Waals surface area contributed by atoms with E-state index in [0.717, 1.165) is 0 Å². The third-order valence-electron chi connectivity index (χ3n) is 6.35. The van der Waals surface area contributed by atoms with Crippen LogP contribution in [-0.2, 0) is 38.0 Å². The second-order valence-corrected chi connectivity index (χ2v) is 8.73. The van der Waals surface area contributed by atoms with Gasteiger partial charge in [0, 0.05) is 32.1 Å². The first-order valence-electron chi connectivity index (χ1n) is 11.6. The normalized spacial score (nSPS) is 17.7. The predicted molar refractivity (Wildman–Crippen MR) is 124 cm³/mol. The minimum atomic E-state index is -3.74. The van der Waals surface area contributed by atoms with E-state index in [-0.39, 0.29) is 56.6 Å². The van der Waals surface area contributed by atoms with E-state index >= 15 is 8.78 Å². The highest BCUT2D eigenvalue weighted by Crippen LogP contribution is 2.37. The number of ketones is 1. The summed E-state index contributed by atoms with van der Waals surface area (Å²) in [6, 6.07) is 9.70. The number of amides is 3. The van der Waals surface area contributed by atoms with E-state index in [9.17, 15) is 19.2 Å². The molecule has 1 unspecified atom stereocenters. The number of para-hydroxylation sites is 1. The standard InChI is InChI=1S/C26H26F2N2O6/c1-35-12-13-36-21-5-3-2-4-19(21)26(27,28)22(31)10-7-16-6-8-18-17(14-16)15-30(25(18)34)20-9-11-23(32)29-24(20)33/h2-6,8,14,20H,7,9-13,15H2,1H3,(H,29,32,33). The molecule has 0 bridgehead atoms. The maximum absolute atomic E-state index is 15.0. The fourth-order valence-corrected chi connectivity index (χ4v) is 4.44. The highest BCUT2D eigenvalue weighted by Gasteiger charge is 2.42. The second-order valence-electron chi connectivity index (χ2n) is 8.73. The van der Waals surface area contributed by atoms with Crippen molar-refractivity contribution in [2.45, 2.75) is 44.2 Å². The minimum absolute atomic E-state index is 0.0566. The van der Waals surface area contributed by atoms with Gasteiger partial charge in [-0.25, -0.2) is 0 Å². The van der Waals surface area contributed by atoms with Gasteiger partial charge in [-0.1, -0.05) is 24.3 Å². The Labute approximate surface area is 206 Å². The first-order valence-corrected chi connectivity index (χ1v) is 11.6. The fourth-order valence-electron chi connectivity index (χ4n) is 4.44. The van der Waals surface area contributed by atoms with Crippen LogP contribution in [0.5, 0.6) is 5.75 Å². The number of carbonyl (C=O) groups is 4. The lowest BCUT2D eigenvalue weighted by Gasteiger charge is -2.29. The van der Waals surface area contributed by atoms with E-state index in [1.54, 1.807) is 24.3 Å². The van der Waals surface area contributed by atoms with Crippen LogP contribution in [0, 0.1) is 0 Å². The minimum Gasteiger partial charge on any atom is -0.491 e. The van der Waals surface area contributed by atoms with Gasteiger partial charge in [0.15, 0.2) is 0 Å². The van der Waals surface area contributed by atoms with Crippen molar-refractivity contribution in [3.05, 3.63) is 64.7 Å². The molecule has 2 aliphatic rings. The molecule has 10 heteroatoms. The number of nitrogens with one attached hydrogen (secondary N) is 1. The number of benzene rings is 2. The number of methoxy groups -OCH3 is 1. The maximum atomic E-state index is 15.0. The van der Waals surface area contributed by atoms with Crippen LogP contribution in [-0.4, -0.2) is 54.8 Å². The summed E-state index contributed by atoms with van der Waals surface area (Å²) in [5.41, 5.74) is 1.20. The zero-order valence-electron chi connectivity index (χ0n) is 19.7. The van der Waals surface area contributed by atoms with Crippen molar-refractivity contribution in [3.8, 4) is 5.75 Å². The number of hydrogen-bond donors (Lipinski definition) is 1. The average Bonchev–Trinajstić information content (AvgIpc) is 3.18. The molecule has 2 heterocycles. The number of alkyl halides is 2. The topological polar surface area (TPSA) is 102 Å². The second kappa shape index (κ2) is 10.5. The molecule has 1 fully saturated rings. The van der Waals surface area contributed by atoms with Gasteiger partial charge in [-0.05, 0) is 42.2 Å². The third-order valence-corrected chi connectivity index (χ3v) is 6.35. The summed E-state index contributed by atoms with van der Waals surface area (Å²) in [5, 5.41) is 2.25. The van der Waals surface area contributed by atoms with Gasteiger partial charge in [-0.2, -0.15) is 8.78 Å². The molecule has 0 radical (unpaired) electrons. The molecule has 0 aromatic heterocycles. The van der Waals surface area contributed by atoms with Gasteiger partial charge in [0.05, 0.1) is 12.2 Å². The SMILES string of the molecule is COCCOc1ccccc1C(F)(F)C(=O)CCc1ccc2c(c1)CN(C1CCC(=O)NC1=O)C2=O. The van der Waals surface area contributed by atoms with E-state index in [2.05, 4.69) is 5.32 Å². The lowest BCUT2D eigenvalue weighted by molar-refractivity contribution is -0.144. The first-order chi connectivity index (χ1) is 17.2. The molecule has 4 rings (SSSR count). The van der Waals surface area contributed by atoms with E-state index in [4.69, 9.17) is 9.47 Å². The van der Waals surface area contributed by atoms with E-state index in [1.165, 1.54) is 30.2 Å². The molecular weight excluding hydrogens is 474 g/mol. The Morgan fingerprint density at radius 3 is 2.67 bits per heavy atom. The Hall–Kier alpha value is -3.66. The molecule has 1 atom stereocenters. The number of fused-ring (bicyclic) bond motifs is 1. The Kier molecular flexibility index (Phi) is 7.44. The largest absolute Gasteiger partial charge is 0.491 e. The number of ether oxygens (including phenoxy) is 2. The van der Waals surface area contributed by atoms with Gasteiger partial charge in [-0.15, -0.1) is 0 Å². The molecule has 8 nitrogen and oxygen atoms in total. The number of hydrogen-bond acceptors (Lipinski definition) is 6. The average molecular weight is 500 g/mol. The monoisotopic (exact) mass is 500 g/mol. The van der Waals surface area contributed by atoms with Gasteiger partial charge < -0.3 is 14.4 Å². The highest BCUT2D eigenvalue weighted by molar-refractivity contribution is 6.05. The number of carbonyl (C=O) groups excluding carboxylic acids is 4. The lowest BCUT2D eigenvalue weighted by atomic mass is 9.97. The van der Waals surface area contributed by atoms with Crippen molar-refractivity contribution in [1.29, 1.82) is 0 Å². The van der Waals surface area contributed by atoms with E-state index < -0.39 is 35.6 Å². The molecule has 0 spiro atoms. The Morgan fingerprint density at radius 2 is 1.92 bits per heavy atom. The van der Waals surface area contributed by atoms with Crippen LogP contribution < -0.4 is 10.1 Å². The molecule has 36 heavy (non-hydrogen) atoms. The van der Waals surface area contributed by atoms with Gasteiger partial charge in [-0.3, -0.25) is 24.5 Å². The van der Waals surface area contributed by atoms with Gasteiger partial charge in [0.1, 0.15) is 18.4 Å². The zero-order chi connectivity index (χ0) is 25.9. The van der Waals surface area contributed by atoms with Crippen LogP contribution in [0.25, 0.3) is 0 Å². The number of nitrogens with zero attached hydrogens (tertiary/aromatic N) is 1. The summed E-state index contributed by atoms with van der Waals surface area (Å²) < 4.78 is 40.3. The summed E-state index contributed by atoms with van der Waals surface area (Å²) in [4.78, 5) is 50.4. The molecule has 2 aromatic carbocycles. The summed E-state index contributed by atoms with van der Waals surface area (Å²) in [6.07, 6.45) is 0.0418. The van der Waals surface area contributed by atoms with Gasteiger partial charge >= 0.3 is 5.92 Å². The Morgan fingerprint density at radius 1 is 1.14 bits per heavy atom. The number of rotatable bonds is 10. The Balaban J connectivity index is 1.42. The molecule has 2 aliphatic heterocycles. The summed E-state index contributed by atoms with van der Waals surface area (Å²) >= 11 is 0. The quantitative estimate of drug-likeness (QED) is 0.398. The molecule has 3 amide bonds. The lowest BCUT2D eigenvalue weighted by Crippen LogP contribution is -2.52. The van der Waals surface area contributed by atoms with E-state index in [1.807, 2.05) is 0 Å². The summed E-state index contributed by atoms with van der Waals surface area (Å²) in [7, 11) is 1.47. The van der Waals surface area contributed by atoms with Gasteiger partial charge in [0.2, 0.25) is 17.6 Å². The van der Waals surface area contributed by atoms with E-state index in [0.29, 0.717) is 16.7 Å². The van der Waals surface area contributed by atoms with Crippen molar-refractivity contribution in [2.75, 3.05) is 20.3 Å². The smallest absolute Gasteiger partial charge is 0.334 e. The van der Waals surface area contributed by atoms with Crippen molar-refractivity contribution in [3.63, 3.8) is 0 Å². The molecule has 1 N–H and O–H groups in total. The molecule has 2 aromatic rings. The number of halogens is 2. The molecule has 0 aliphatic carbocycles. The van der Waals surface area contributed by atoms with Crippen molar-refractivity contribution < 1.29 is 37.4 Å². The predicted octanol–water partition coefficient (Wildman–Crippen LogP) is 2.77. The van der Waals surface area contributed by atoms with Crippen molar-refractivity contribution >= 4 is 23.5 Å². The van der Waals surface area contributed by atoms with Crippen LogP contribution in [0.2, 0.25) is 0 Å². The fraction of sp³-hybridized carbons (Fsp3) is 0.385. The van der Waals surface area contributed by atoms with Crippen LogP contribution in [0.1, 0.15) is 46.3 Å². The Bertz CT molecular complexity index is 1200. The van der Waals surface area contributed by atoms with Crippen molar-refractivity contribution in [2.24, 2.45) is 0 Å². The highest BCUT2D eigenvalue weighted by atomic mass is 19.3. The van der Waals surface area contributed by atoms with Gasteiger partial charge in [0.25, 0.3) is 5.91 Å². The maximum Gasteiger partial charge on any atom is 0.334 e. The number of aryl methyl sites for hydroxylation is 1. The van der Waals surface area contributed by atoms with Crippen LogP contribution in [0.4, 0.5) is 8.78 Å². The van der Waals surface area contributed by atoms with Crippen LogP contribution in [0.15, 0.2) is 42.5 Å². The third kappa shape index (κ3) is 5.13.